The van der Waals surface area contributed by atoms with Crippen LogP contribution in [0.5, 0.6) is 0 Å². The van der Waals surface area contributed by atoms with Gasteiger partial charge < -0.3 is 10.1 Å². The van der Waals surface area contributed by atoms with Crippen molar-refractivity contribution in [1.29, 1.82) is 0 Å². The van der Waals surface area contributed by atoms with Crippen LogP contribution in [0.1, 0.15) is 33.6 Å². The lowest BCUT2D eigenvalue weighted by atomic mass is 9.71. The van der Waals surface area contributed by atoms with E-state index in [1.54, 1.807) is 0 Å². The molecule has 14 heavy (non-hydrogen) atoms. The zero-order valence-electron chi connectivity index (χ0n) is 9.68. The molecule has 2 aliphatic heterocycles. The number of piperidine rings is 1. The highest BCUT2D eigenvalue weighted by atomic mass is 16.5. The van der Waals surface area contributed by atoms with Gasteiger partial charge in [-0.05, 0) is 43.7 Å². The SMILES string of the molecule is CC(C)C1C(C)COC12CCNCC2. The van der Waals surface area contributed by atoms with Gasteiger partial charge >= 0.3 is 0 Å². The molecule has 2 atom stereocenters. The van der Waals surface area contributed by atoms with Crippen LogP contribution in [0.25, 0.3) is 0 Å². The summed E-state index contributed by atoms with van der Waals surface area (Å²) in [5, 5.41) is 3.43. The summed E-state index contributed by atoms with van der Waals surface area (Å²) >= 11 is 0. The quantitative estimate of drug-likeness (QED) is 0.694. The fourth-order valence-corrected chi connectivity index (χ4v) is 3.61. The van der Waals surface area contributed by atoms with Gasteiger partial charge in [0.25, 0.3) is 0 Å². The monoisotopic (exact) mass is 197 g/mol. The number of rotatable bonds is 1. The van der Waals surface area contributed by atoms with Gasteiger partial charge in [-0.2, -0.15) is 0 Å². The van der Waals surface area contributed by atoms with Gasteiger partial charge in [-0.15, -0.1) is 0 Å². The molecule has 2 fully saturated rings. The molecule has 82 valence electrons. The first kappa shape index (κ1) is 10.4. The molecule has 0 radical (unpaired) electrons. The molecule has 2 aliphatic rings. The van der Waals surface area contributed by atoms with Gasteiger partial charge in [-0.25, -0.2) is 0 Å². The first-order valence-corrected chi connectivity index (χ1v) is 6.00. The second-order valence-corrected chi connectivity index (χ2v) is 5.37. The summed E-state index contributed by atoms with van der Waals surface area (Å²) in [7, 11) is 0. The molecule has 2 saturated heterocycles. The fraction of sp³-hybridized carbons (Fsp3) is 1.00. The number of hydrogen-bond acceptors (Lipinski definition) is 2. The Hall–Kier alpha value is -0.0800. The lowest BCUT2D eigenvalue weighted by Gasteiger charge is -2.41. The Bertz CT molecular complexity index is 191. The van der Waals surface area contributed by atoms with Crippen LogP contribution in [-0.2, 0) is 4.74 Å². The molecular weight excluding hydrogens is 174 g/mol. The first-order valence-electron chi connectivity index (χ1n) is 6.00. The Labute approximate surface area is 87.4 Å². The third kappa shape index (κ3) is 1.59. The first-order chi connectivity index (χ1) is 6.66. The van der Waals surface area contributed by atoms with Gasteiger partial charge in [0.1, 0.15) is 0 Å². The van der Waals surface area contributed by atoms with E-state index in [-0.39, 0.29) is 5.60 Å². The van der Waals surface area contributed by atoms with Crippen molar-refractivity contribution in [2.45, 2.75) is 39.2 Å². The van der Waals surface area contributed by atoms with Gasteiger partial charge in [-0.3, -0.25) is 0 Å². The van der Waals surface area contributed by atoms with E-state index in [9.17, 15) is 0 Å². The van der Waals surface area contributed by atoms with E-state index in [1.807, 2.05) is 0 Å². The molecule has 2 unspecified atom stereocenters. The van der Waals surface area contributed by atoms with Crippen molar-refractivity contribution in [3.63, 3.8) is 0 Å². The third-order valence-corrected chi connectivity index (χ3v) is 4.02. The van der Waals surface area contributed by atoms with E-state index in [1.165, 1.54) is 12.8 Å². The van der Waals surface area contributed by atoms with Crippen LogP contribution in [0.3, 0.4) is 0 Å². The molecule has 0 aromatic rings. The zero-order chi connectivity index (χ0) is 10.2. The summed E-state index contributed by atoms with van der Waals surface area (Å²) in [6.07, 6.45) is 2.42. The molecule has 2 heteroatoms. The lowest BCUT2D eigenvalue weighted by Crippen LogP contribution is -2.48. The number of ether oxygens (including phenoxy) is 1. The van der Waals surface area contributed by atoms with E-state index >= 15 is 0 Å². The molecule has 1 N–H and O–H groups in total. The maximum absolute atomic E-state index is 6.13. The second-order valence-electron chi connectivity index (χ2n) is 5.37. The number of nitrogens with one attached hydrogen (secondary N) is 1. The molecule has 2 rings (SSSR count). The van der Waals surface area contributed by atoms with Crippen LogP contribution in [0.2, 0.25) is 0 Å². The van der Waals surface area contributed by atoms with Crippen LogP contribution in [0.4, 0.5) is 0 Å². The minimum atomic E-state index is 0.221. The van der Waals surface area contributed by atoms with Crippen LogP contribution in [0, 0.1) is 17.8 Å². The van der Waals surface area contributed by atoms with Crippen molar-refractivity contribution in [2.24, 2.45) is 17.8 Å². The smallest absolute Gasteiger partial charge is 0.0740 e. The largest absolute Gasteiger partial charge is 0.374 e. The maximum Gasteiger partial charge on any atom is 0.0740 e. The average Bonchev–Trinajstić information content (AvgIpc) is 2.45. The van der Waals surface area contributed by atoms with Crippen LogP contribution in [0.15, 0.2) is 0 Å². The third-order valence-electron chi connectivity index (χ3n) is 4.02. The highest BCUT2D eigenvalue weighted by Gasteiger charge is 2.49. The molecular formula is C12H23NO. The summed E-state index contributed by atoms with van der Waals surface area (Å²) in [4.78, 5) is 0. The van der Waals surface area contributed by atoms with Gasteiger partial charge in [0, 0.05) is 0 Å². The van der Waals surface area contributed by atoms with E-state index in [2.05, 4.69) is 26.1 Å². The maximum atomic E-state index is 6.13. The highest BCUT2D eigenvalue weighted by molar-refractivity contribution is 4.99. The van der Waals surface area contributed by atoms with Gasteiger partial charge in [-0.1, -0.05) is 20.8 Å². The van der Waals surface area contributed by atoms with Crippen molar-refractivity contribution in [3.05, 3.63) is 0 Å². The Morgan fingerprint density at radius 2 is 1.93 bits per heavy atom. The topological polar surface area (TPSA) is 21.3 Å². The van der Waals surface area contributed by atoms with Gasteiger partial charge in [0.05, 0.1) is 12.2 Å². The minimum Gasteiger partial charge on any atom is -0.374 e. The zero-order valence-corrected chi connectivity index (χ0v) is 9.68. The lowest BCUT2D eigenvalue weighted by molar-refractivity contribution is -0.0546. The Balaban J connectivity index is 2.15. The molecule has 1 spiro atoms. The predicted octanol–water partition coefficient (Wildman–Crippen LogP) is 2.05. The van der Waals surface area contributed by atoms with Crippen molar-refractivity contribution in [2.75, 3.05) is 19.7 Å². The van der Waals surface area contributed by atoms with Crippen molar-refractivity contribution < 1.29 is 4.74 Å². The molecule has 0 amide bonds. The van der Waals surface area contributed by atoms with Crippen LogP contribution in [-0.4, -0.2) is 25.3 Å². The fourth-order valence-electron chi connectivity index (χ4n) is 3.61. The molecule has 2 heterocycles. The summed E-state index contributed by atoms with van der Waals surface area (Å²) in [6.45, 7) is 10.3. The average molecular weight is 197 g/mol. The van der Waals surface area contributed by atoms with Crippen LogP contribution >= 0.6 is 0 Å². The molecule has 0 aromatic heterocycles. The van der Waals surface area contributed by atoms with E-state index < -0.39 is 0 Å². The molecule has 0 bridgehead atoms. The van der Waals surface area contributed by atoms with Crippen molar-refractivity contribution >= 4 is 0 Å². The molecule has 0 saturated carbocycles. The van der Waals surface area contributed by atoms with E-state index in [4.69, 9.17) is 4.74 Å². The Morgan fingerprint density at radius 1 is 1.29 bits per heavy atom. The Kier molecular flexibility index (Phi) is 2.85. The van der Waals surface area contributed by atoms with Gasteiger partial charge in [0.2, 0.25) is 0 Å². The predicted molar refractivity (Wildman–Crippen MR) is 58.3 cm³/mol. The molecule has 0 aromatic carbocycles. The van der Waals surface area contributed by atoms with Crippen molar-refractivity contribution in [3.8, 4) is 0 Å². The number of hydrogen-bond donors (Lipinski definition) is 1. The highest BCUT2D eigenvalue weighted by Crippen LogP contribution is 2.45. The minimum absolute atomic E-state index is 0.221. The van der Waals surface area contributed by atoms with Gasteiger partial charge in [0.15, 0.2) is 0 Å². The second kappa shape index (κ2) is 3.82. The van der Waals surface area contributed by atoms with Crippen LogP contribution < -0.4 is 5.32 Å². The molecule has 2 nitrogen and oxygen atoms in total. The standard InChI is InChI=1S/C12H23NO/c1-9(2)11-10(3)8-14-12(11)4-6-13-7-5-12/h9-11,13H,4-8H2,1-3H3. The van der Waals surface area contributed by atoms with Crippen molar-refractivity contribution in [1.82, 2.24) is 5.32 Å². The summed E-state index contributed by atoms with van der Waals surface area (Å²) in [6, 6.07) is 0. The summed E-state index contributed by atoms with van der Waals surface area (Å²) < 4.78 is 6.13. The Morgan fingerprint density at radius 3 is 2.50 bits per heavy atom. The van der Waals surface area contributed by atoms with E-state index in [0.717, 1.165) is 37.5 Å². The summed E-state index contributed by atoms with van der Waals surface area (Å²) in [5.41, 5.74) is 0.221. The normalized spacial score (nSPS) is 36.9. The summed E-state index contributed by atoms with van der Waals surface area (Å²) in [5.74, 6) is 2.27. The van der Waals surface area contributed by atoms with E-state index in [0.29, 0.717) is 0 Å². The molecule has 0 aliphatic carbocycles.